The topological polar surface area (TPSA) is 24.9 Å². The van der Waals surface area contributed by atoms with Crippen molar-refractivity contribution in [2.75, 3.05) is 6.54 Å². The Bertz CT molecular complexity index is 369. The number of allylic oxidation sites excluding steroid dienone is 2. The van der Waals surface area contributed by atoms with Crippen molar-refractivity contribution in [2.45, 2.75) is 0 Å². The number of hydrogen-bond donors (Lipinski definition) is 1. The quantitative estimate of drug-likeness (QED) is 0.704. The number of hydrogen-bond acceptors (Lipinski definition) is 2. The van der Waals surface area contributed by atoms with Crippen molar-refractivity contribution in [3.63, 3.8) is 0 Å². The number of nitrogens with one attached hydrogen (secondary N) is 1. The van der Waals surface area contributed by atoms with Crippen molar-refractivity contribution in [1.29, 1.82) is 0 Å². The van der Waals surface area contributed by atoms with Gasteiger partial charge in [0, 0.05) is 18.8 Å². The van der Waals surface area contributed by atoms with Crippen molar-refractivity contribution < 1.29 is 4.39 Å². The molecule has 66 valence electrons. The van der Waals surface area contributed by atoms with E-state index in [0.717, 1.165) is 12.2 Å². The molecule has 0 amide bonds. The van der Waals surface area contributed by atoms with Crippen LogP contribution in [0.4, 0.5) is 4.39 Å². The Hall–Kier alpha value is -1.64. The van der Waals surface area contributed by atoms with Gasteiger partial charge in [-0.2, -0.15) is 0 Å². The number of aromatic nitrogens is 1. The SMILES string of the molecule is Fc1ccnc(C2=CC=CCN2)c1. The average molecular weight is 176 g/mol. The predicted octanol–water partition coefficient (Wildman–Crippen LogP) is 1.72. The fraction of sp³-hybridized carbons (Fsp3) is 0.100. The molecule has 0 atom stereocenters. The molecule has 2 nitrogen and oxygen atoms in total. The second kappa shape index (κ2) is 3.39. The van der Waals surface area contributed by atoms with E-state index in [1.807, 2.05) is 18.2 Å². The number of dihydropyridines is 1. The van der Waals surface area contributed by atoms with Crippen LogP contribution in [0.15, 0.2) is 36.6 Å². The van der Waals surface area contributed by atoms with E-state index in [9.17, 15) is 4.39 Å². The lowest BCUT2D eigenvalue weighted by Gasteiger charge is -2.10. The molecule has 13 heavy (non-hydrogen) atoms. The number of nitrogens with zero attached hydrogens (tertiary/aromatic N) is 1. The summed E-state index contributed by atoms with van der Waals surface area (Å²) in [5.74, 6) is -0.262. The molecule has 0 saturated heterocycles. The highest BCUT2D eigenvalue weighted by atomic mass is 19.1. The molecule has 0 aliphatic carbocycles. The molecule has 1 aromatic heterocycles. The van der Waals surface area contributed by atoms with E-state index in [0.29, 0.717) is 5.69 Å². The molecule has 0 aromatic carbocycles. The minimum atomic E-state index is -0.262. The minimum absolute atomic E-state index is 0.262. The van der Waals surface area contributed by atoms with E-state index in [-0.39, 0.29) is 5.82 Å². The summed E-state index contributed by atoms with van der Waals surface area (Å²) in [7, 11) is 0. The molecule has 0 bridgehead atoms. The normalized spacial score (nSPS) is 15.0. The maximum absolute atomic E-state index is 12.8. The van der Waals surface area contributed by atoms with E-state index in [2.05, 4.69) is 10.3 Å². The van der Waals surface area contributed by atoms with Gasteiger partial charge < -0.3 is 5.32 Å². The van der Waals surface area contributed by atoms with Crippen LogP contribution in [-0.2, 0) is 0 Å². The molecular weight excluding hydrogens is 167 g/mol. The van der Waals surface area contributed by atoms with Crippen LogP contribution in [0.1, 0.15) is 5.69 Å². The summed E-state index contributed by atoms with van der Waals surface area (Å²) in [4.78, 5) is 4.06. The Morgan fingerprint density at radius 1 is 1.46 bits per heavy atom. The lowest BCUT2D eigenvalue weighted by molar-refractivity contribution is 0.624. The van der Waals surface area contributed by atoms with Crippen molar-refractivity contribution >= 4 is 5.70 Å². The second-order valence-corrected chi connectivity index (χ2v) is 2.75. The highest BCUT2D eigenvalue weighted by Gasteiger charge is 2.03. The Morgan fingerprint density at radius 3 is 3.08 bits per heavy atom. The van der Waals surface area contributed by atoms with Gasteiger partial charge in [-0.05, 0) is 12.1 Å². The van der Waals surface area contributed by atoms with Gasteiger partial charge in [0.2, 0.25) is 0 Å². The fourth-order valence-electron chi connectivity index (χ4n) is 1.19. The van der Waals surface area contributed by atoms with Gasteiger partial charge in [0.05, 0.1) is 11.4 Å². The van der Waals surface area contributed by atoms with E-state index in [1.165, 1.54) is 18.3 Å². The van der Waals surface area contributed by atoms with E-state index in [4.69, 9.17) is 0 Å². The third-order valence-electron chi connectivity index (χ3n) is 1.81. The van der Waals surface area contributed by atoms with E-state index < -0.39 is 0 Å². The molecule has 2 rings (SSSR count). The minimum Gasteiger partial charge on any atom is -0.380 e. The maximum Gasteiger partial charge on any atom is 0.126 e. The third-order valence-corrected chi connectivity index (χ3v) is 1.81. The van der Waals surface area contributed by atoms with Crippen LogP contribution in [0.2, 0.25) is 0 Å². The van der Waals surface area contributed by atoms with Crippen LogP contribution in [0.3, 0.4) is 0 Å². The standard InChI is InChI=1S/C10H9FN2/c11-8-4-6-13-10(7-8)9-3-1-2-5-12-9/h1-4,6-7,12H,5H2. The van der Waals surface area contributed by atoms with Gasteiger partial charge in [-0.3, -0.25) is 4.98 Å². The summed E-state index contributed by atoms with van der Waals surface area (Å²) < 4.78 is 12.8. The fourth-order valence-corrected chi connectivity index (χ4v) is 1.19. The zero-order valence-electron chi connectivity index (χ0n) is 7.00. The van der Waals surface area contributed by atoms with Crippen molar-refractivity contribution in [1.82, 2.24) is 10.3 Å². The molecule has 2 heterocycles. The Kier molecular flexibility index (Phi) is 2.08. The summed E-state index contributed by atoms with van der Waals surface area (Å²) in [6, 6.07) is 2.75. The first-order chi connectivity index (χ1) is 6.36. The molecule has 1 N–H and O–H groups in total. The predicted molar refractivity (Wildman–Crippen MR) is 49.3 cm³/mol. The number of rotatable bonds is 1. The van der Waals surface area contributed by atoms with Crippen LogP contribution < -0.4 is 5.32 Å². The van der Waals surface area contributed by atoms with Crippen LogP contribution in [0.25, 0.3) is 5.70 Å². The van der Waals surface area contributed by atoms with Gasteiger partial charge in [0.15, 0.2) is 0 Å². The zero-order valence-corrected chi connectivity index (χ0v) is 7.00. The van der Waals surface area contributed by atoms with Gasteiger partial charge in [0.1, 0.15) is 5.82 Å². The molecule has 3 heteroatoms. The van der Waals surface area contributed by atoms with E-state index >= 15 is 0 Å². The monoisotopic (exact) mass is 176 g/mol. The van der Waals surface area contributed by atoms with Gasteiger partial charge in [-0.1, -0.05) is 12.2 Å². The van der Waals surface area contributed by atoms with E-state index in [1.54, 1.807) is 0 Å². The molecular formula is C10H9FN2. The largest absolute Gasteiger partial charge is 0.380 e. The first-order valence-corrected chi connectivity index (χ1v) is 4.09. The summed E-state index contributed by atoms with van der Waals surface area (Å²) in [5, 5.41) is 3.11. The molecule has 0 spiro atoms. The summed E-state index contributed by atoms with van der Waals surface area (Å²) in [6.45, 7) is 0.768. The Labute approximate surface area is 75.8 Å². The van der Waals surface area contributed by atoms with Crippen molar-refractivity contribution in [2.24, 2.45) is 0 Å². The van der Waals surface area contributed by atoms with Gasteiger partial charge >= 0.3 is 0 Å². The lowest BCUT2D eigenvalue weighted by Crippen LogP contribution is -2.15. The third kappa shape index (κ3) is 1.75. The summed E-state index contributed by atoms with van der Waals surface area (Å²) in [6.07, 6.45) is 7.26. The van der Waals surface area contributed by atoms with Crippen LogP contribution in [0, 0.1) is 5.82 Å². The van der Waals surface area contributed by atoms with Crippen LogP contribution in [-0.4, -0.2) is 11.5 Å². The Balaban J connectivity index is 2.34. The second-order valence-electron chi connectivity index (χ2n) is 2.75. The molecule has 1 aliphatic heterocycles. The first kappa shape index (κ1) is 7.98. The number of pyridine rings is 1. The van der Waals surface area contributed by atoms with Crippen molar-refractivity contribution in [3.05, 3.63) is 48.1 Å². The van der Waals surface area contributed by atoms with Gasteiger partial charge in [-0.15, -0.1) is 0 Å². The molecule has 1 aliphatic rings. The highest BCUT2D eigenvalue weighted by molar-refractivity contribution is 5.63. The molecule has 0 radical (unpaired) electrons. The van der Waals surface area contributed by atoms with Gasteiger partial charge in [-0.25, -0.2) is 4.39 Å². The zero-order chi connectivity index (χ0) is 9.10. The molecule has 0 unspecified atom stereocenters. The Morgan fingerprint density at radius 2 is 2.38 bits per heavy atom. The molecule has 0 saturated carbocycles. The smallest absolute Gasteiger partial charge is 0.126 e. The van der Waals surface area contributed by atoms with Crippen molar-refractivity contribution in [3.8, 4) is 0 Å². The maximum atomic E-state index is 12.8. The van der Waals surface area contributed by atoms with Gasteiger partial charge in [0.25, 0.3) is 0 Å². The highest BCUT2D eigenvalue weighted by Crippen LogP contribution is 2.11. The summed E-state index contributed by atoms with van der Waals surface area (Å²) in [5.41, 5.74) is 1.51. The lowest BCUT2D eigenvalue weighted by atomic mass is 10.2. The molecule has 1 aromatic rings. The first-order valence-electron chi connectivity index (χ1n) is 4.09. The van der Waals surface area contributed by atoms with Crippen LogP contribution in [0.5, 0.6) is 0 Å². The summed E-state index contributed by atoms with van der Waals surface area (Å²) >= 11 is 0. The molecule has 0 fully saturated rings. The number of halogens is 1. The van der Waals surface area contributed by atoms with Crippen LogP contribution >= 0.6 is 0 Å². The average Bonchev–Trinajstić information content (AvgIpc) is 2.19.